The van der Waals surface area contributed by atoms with Crippen LogP contribution in [0.3, 0.4) is 0 Å². The first-order valence-corrected chi connectivity index (χ1v) is 14.0. The standard InChI is InChI=1S/C30H35ClN2O5/c1-2-3-14-32-15-17-36-25-10-5-4-8-22(25)9-6-7-13-30(29(32)35)21-33(16-18-37-30)28(34)27-20-23-19-24(31)11-12-26(23)38-27/h4-5,8,10-12,19-20H,2-3,6-7,9,13-18,21H2,1H3. The van der Waals surface area contributed by atoms with Gasteiger partial charge in [0.1, 0.15) is 17.9 Å². The van der Waals surface area contributed by atoms with E-state index in [2.05, 4.69) is 13.0 Å². The summed E-state index contributed by atoms with van der Waals surface area (Å²) in [4.78, 5) is 31.3. The van der Waals surface area contributed by atoms with Crippen LogP contribution in [0.1, 0.15) is 55.1 Å². The zero-order valence-corrected chi connectivity index (χ0v) is 22.7. The quantitative estimate of drug-likeness (QED) is 0.424. The van der Waals surface area contributed by atoms with Gasteiger partial charge in [0.15, 0.2) is 11.4 Å². The van der Waals surface area contributed by atoms with Gasteiger partial charge < -0.3 is 23.7 Å². The number of nitrogens with zero attached hydrogens (tertiary/aromatic N) is 2. The van der Waals surface area contributed by atoms with E-state index in [1.165, 1.54) is 5.56 Å². The molecule has 8 heteroatoms. The molecule has 1 atom stereocenters. The Morgan fingerprint density at radius 1 is 1.08 bits per heavy atom. The fourth-order valence-electron chi connectivity index (χ4n) is 5.42. The summed E-state index contributed by atoms with van der Waals surface area (Å²) in [5.41, 5.74) is 0.698. The van der Waals surface area contributed by atoms with Crippen LogP contribution in [-0.4, -0.2) is 66.6 Å². The number of aryl methyl sites for hydroxylation is 1. The van der Waals surface area contributed by atoms with E-state index in [1.54, 1.807) is 29.2 Å². The second-order valence-corrected chi connectivity index (χ2v) is 10.6. The number of carbonyl (C=O) groups is 2. The molecule has 3 aromatic rings. The van der Waals surface area contributed by atoms with Crippen LogP contribution in [0, 0.1) is 0 Å². The van der Waals surface area contributed by atoms with Gasteiger partial charge in [0.05, 0.1) is 19.7 Å². The smallest absolute Gasteiger partial charge is 0.289 e. The van der Waals surface area contributed by atoms with Crippen LogP contribution in [0.15, 0.2) is 52.9 Å². The maximum absolute atomic E-state index is 14.1. The molecule has 1 spiro atoms. The third-order valence-corrected chi connectivity index (χ3v) is 7.72. The van der Waals surface area contributed by atoms with Crippen molar-refractivity contribution in [3.05, 3.63) is 64.9 Å². The van der Waals surface area contributed by atoms with Crippen molar-refractivity contribution in [2.24, 2.45) is 0 Å². The first kappa shape index (κ1) is 26.6. The molecule has 3 heterocycles. The summed E-state index contributed by atoms with van der Waals surface area (Å²) in [6.07, 6.45) is 4.98. The van der Waals surface area contributed by atoms with Crippen molar-refractivity contribution in [3.63, 3.8) is 0 Å². The number of carbonyl (C=O) groups excluding carboxylic acids is 2. The lowest BCUT2D eigenvalue weighted by molar-refractivity contribution is -0.170. The fraction of sp³-hybridized carbons (Fsp3) is 0.467. The molecular weight excluding hydrogens is 504 g/mol. The lowest BCUT2D eigenvalue weighted by Gasteiger charge is -2.44. The maximum Gasteiger partial charge on any atom is 0.289 e. The summed E-state index contributed by atoms with van der Waals surface area (Å²) in [7, 11) is 0. The summed E-state index contributed by atoms with van der Waals surface area (Å²) >= 11 is 6.12. The van der Waals surface area contributed by atoms with Crippen LogP contribution in [0.2, 0.25) is 5.02 Å². The molecule has 0 N–H and O–H groups in total. The molecule has 1 aromatic heterocycles. The summed E-state index contributed by atoms with van der Waals surface area (Å²) in [6, 6.07) is 15.1. The van der Waals surface area contributed by atoms with E-state index < -0.39 is 5.60 Å². The number of benzene rings is 2. The molecule has 1 saturated heterocycles. The molecule has 2 aromatic carbocycles. The van der Waals surface area contributed by atoms with Gasteiger partial charge in [0, 0.05) is 23.5 Å². The number of hydrogen-bond acceptors (Lipinski definition) is 5. The zero-order chi connectivity index (χ0) is 26.5. The topological polar surface area (TPSA) is 72.2 Å². The van der Waals surface area contributed by atoms with Crippen molar-refractivity contribution in [1.29, 1.82) is 0 Å². The summed E-state index contributed by atoms with van der Waals surface area (Å²) in [5.74, 6) is 0.838. The molecule has 1 fully saturated rings. The van der Waals surface area contributed by atoms with E-state index >= 15 is 0 Å². The Hall–Kier alpha value is -3.03. The van der Waals surface area contributed by atoms with Crippen molar-refractivity contribution in [2.75, 3.05) is 39.4 Å². The molecule has 7 nitrogen and oxygen atoms in total. The number of para-hydroxylation sites is 1. The molecule has 2 aliphatic rings. The van der Waals surface area contributed by atoms with Crippen molar-refractivity contribution in [1.82, 2.24) is 9.80 Å². The van der Waals surface area contributed by atoms with Gasteiger partial charge in [-0.15, -0.1) is 0 Å². The fourth-order valence-corrected chi connectivity index (χ4v) is 5.60. The number of ether oxygens (including phenoxy) is 2. The Morgan fingerprint density at radius 2 is 1.95 bits per heavy atom. The number of furan rings is 1. The molecule has 202 valence electrons. The SMILES string of the molecule is CCCCN1CCOc2ccccc2CCCCC2(CN(C(=O)c3cc4cc(Cl)ccc4o3)CCO2)C1=O. The Morgan fingerprint density at radius 3 is 2.82 bits per heavy atom. The molecule has 5 rings (SSSR count). The van der Waals surface area contributed by atoms with E-state index in [4.69, 9.17) is 25.5 Å². The van der Waals surface area contributed by atoms with Gasteiger partial charge in [-0.05, 0) is 68.0 Å². The van der Waals surface area contributed by atoms with Crippen molar-refractivity contribution in [2.45, 2.75) is 51.0 Å². The summed E-state index contributed by atoms with van der Waals surface area (Å²) < 4.78 is 18.3. The van der Waals surface area contributed by atoms with Gasteiger partial charge in [0.2, 0.25) is 0 Å². The first-order chi connectivity index (χ1) is 18.5. The number of unbranched alkanes of at least 4 members (excludes halogenated alkanes) is 1. The highest BCUT2D eigenvalue weighted by atomic mass is 35.5. The average Bonchev–Trinajstić information content (AvgIpc) is 3.35. The number of hydrogen-bond donors (Lipinski definition) is 0. The number of fused-ring (bicyclic) bond motifs is 2. The van der Waals surface area contributed by atoms with E-state index in [-0.39, 0.29) is 24.1 Å². The number of amides is 2. The van der Waals surface area contributed by atoms with Gasteiger partial charge in [-0.25, -0.2) is 0 Å². The Labute approximate surface area is 228 Å². The zero-order valence-electron chi connectivity index (χ0n) is 21.9. The van der Waals surface area contributed by atoms with Crippen LogP contribution >= 0.6 is 11.6 Å². The van der Waals surface area contributed by atoms with E-state index in [0.29, 0.717) is 49.9 Å². The molecule has 2 aliphatic heterocycles. The third kappa shape index (κ3) is 5.69. The molecule has 0 bridgehead atoms. The molecule has 2 amide bonds. The van der Waals surface area contributed by atoms with Crippen molar-refractivity contribution >= 4 is 34.4 Å². The molecule has 0 aliphatic carbocycles. The number of morpholine rings is 1. The minimum absolute atomic E-state index is 0.0581. The van der Waals surface area contributed by atoms with E-state index in [9.17, 15) is 9.59 Å². The Balaban J connectivity index is 1.40. The molecule has 38 heavy (non-hydrogen) atoms. The third-order valence-electron chi connectivity index (χ3n) is 7.49. The molecule has 0 saturated carbocycles. The minimum atomic E-state index is -1.09. The lowest BCUT2D eigenvalue weighted by Crippen LogP contribution is -2.62. The molecule has 0 radical (unpaired) electrons. The predicted octanol–water partition coefficient (Wildman–Crippen LogP) is 5.73. The second-order valence-electron chi connectivity index (χ2n) is 10.2. The maximum atomic E-state index is 14.1. The summed E-state index contributed by atoms with van der Waals surface area (Å²) in [6.45, 7) is 4.51. The van der Waals surface area contributed by atoms with Crippen LogP contribution in [0.4, 0.5) is 0 Å². The Bertz CT molecular complexity index is 1290. The molecular formula is C30H35ClN2O5. The van der Waals surface area contributed by atoms with Crippen LogP contribution in [-0.2, 0) is 16.0 Å². The van der Waals surface area contributed by atoms with Gasteiger partial charge in [-0.2, -0.15) is 0 Å². The minimum Gasteiger partial charge on any atom is -0.491 e. The van der Waals surface area contributed by atoms with E-state index in [1.807, 2.05) is 23.1 Å². The average molecular weight is 539 g/mol. The van der Waals surface area contributed by atoms with Crippen LogP contribution in [0.25, 0.3) is 11.0 Å². The lowest BCUT2D eigenvalue weighted by atomic mass is 9.90. The van der Waals surface area contributed by atoms with Crippen molar-refractivity contribution in [3.8, 4) is 5.75 Å². The molecule has 1 unspecified atom stereocenters. The van der Waals surface area contributed by atoms with Crippen molar-refractivity contribution < 1.29 is 23.5 Å². The van der Waals surface area contributed by atoms with Gasteiger partial charge in [-0.1, -0.05) is 43.1 Å². The van der Waals surface area contributed by atoms with Crippen LogP contribution in [0.5, 0.6) is 5.75 Å². The van der Waals surface area contributed by atoms with Crippen LogP contribution < -0.4 is 4.74 Å². The first-order valence-electron chi connectivity index (χ1n) is 13.6. The highest BCUT2D eigenvalue weighted by Crippen LogP contribution is 2.31. The second kappa shape index (κ2) is 11.8. The highest BCUT2D eigenvalue weighted by molar-refractivity contribution is 6.31. The van der Waals surface area contributed by atoms with Gasteiger partial charge >= 0.3 is 0 Å². The van der Waals surface area contributed by atoms with Gasteiger partial charge in [-0.3, -0.25) is 9.59 Å². The number of rotatable bonds is 4. The number of halogens is 1. The predicted molar refractivity (Wildman–Crippen MR) is 147 cm³/mol. The largest absolute Gasteiger partial charge is 0.491 e. The van der Waals surface area contributed by atoms with E-state index in [0.717, 1.165) is 43.2 Å². The van der Waals surface area contributed by atoms with Gasteiger partial charge in [0.25, 0.3) is 11.8 Å². The normalized spacial score (nSPS) is 21.1. The monoisotopic (exact) mass is 538 g/mol. The summed E-state index contributed by atoms with van der Waals surface area (Å²) in [5, 5.41) is 1.36. The highest BCUT2D eigenvalue weighted by Gasteiger charge is 2.47. The Kier molecular flexibility index (Phi) is 8.24.